The molecule has 1 aromatic rings. The maximum Gasteiger partial charge on any atom is 0.547 e. The smallest absolute Gasteiger partial charge is 0.534 e. The monoisotopic (exact) mass is 293 g/mol. The van der Waals surface area contributed by atoms with Gasteiger partial charge in [-0.25, -0.2) is 4.79 Å². The summed E-state index contributed by atoms with van der Waals surface area (Å²) in [6.45, 7) is 2.10. The predicted octanol–water partition coefficient (Wildman–Crippen LogP) is -0.139. The normalized spacial score (nSPS) is 16.9. The summed E-state index contributed by atoms with van der Waals surface area (Å²) in [5.41, 5.74) is 0.618. The number of carbonyl (C=O) groups is 2. The van der Waals surface area contributed by atoms with Crippen molar-refractivity contribution in [2.24, 2.45) is 0 Å². The summed E-state index contributed by atoms with van der Waals surface area (Å²) < 4.78 is 10.2. The lowest BCUT2D eigenvalue weighted by molar-refractivity contribution is -0.125. The van der Waals surface area contributed by atoms with Crippen molar-refractivity contribution < 1.29 is 29.1 Å². The summed E-state index contributed by atoms with van der Waals surface area (Å²) in [7, 11) is -1.30. The van der Waals surface area contributed by atoms with Crippen LogP contribution in [0.5, 0.6) is 5.75 Å². The topological polar surface area (TPSA) is 105 Å². The number of hydrogen-bond acceptors (Lipinski definition) is 5. The number of aromatic carboxylic acids is 1. The van der Waals surface area contributed by atoms with Crippen LogP contribution in [0.1, 0.15) is 22.8 Å². The highest BCUT2D eigenvalue weighted by Crippen LogP contribution is 2.29. The highest BCUT2D eigenvalue weighted by molar-refractivity contribution is 6.47. The minimum Gasteiger partial charge on any atom is -0.534 e. The number of fused-ring (bicyclic) bond motifs is 1. The average molecular weight is 293 g/mol. The Hall–Kier alpha value is -2.06. The highest BCUT2D eigenvalue weighted by Gasteiger charge is 2.37. The third-order valence-electron chi connectivity index (χ3n) is 3.13. The van der Waals surface area contributed by atoms with Gasteiger partial charge in [0.15, 0.2) is 0 Å². The number of carboxylic acid groups (broad SMARTS) is 1. The van der Waals surface area contributed by atoms with Gasteiger partial charge >= 0.3 is 13.1 Å². The van der Waals surface area contributed by atoms with Gasteiger partial charge in [0, 0.05) is 6.61 Å². The van der Waals surface area contributed by atoms with Crippen LogP contribution in [0.2, 0.25) is 0 Å². The first kappa shape index (κ1) is 15.3. The molecule has 0 radical (unpaired) electrons. The fraction of sp³-hybridized carbons (Fsp3) is 0.385. The lowest BCUT2D eigenvalue weighted by Crippen LogP contribution is -2.53. The molecule has 1 heterocycles. The number of carboxylic acids is 1. The molecule has 7 nitrogen and oxygen atoms in total. The zero-order valence-electron chi connectivity index (χ0n) is 11.5. The largest absolute Gasteiger partial charge is 0.547 e. The number of benzene rings is 1. The Labute approximate surface area is 122 Å². The summed E-state index contributed by atoms with van der Waals surface area (Å²) >= 11 is 0. The molecule has 1 aromatic carbocycles. The first-order valence-corrected chi connectivity index (χ1v) is 6.60. The maximum absolute atomic E-state index is 11.6. The highest BCUT2D eigenvalue weighted by atomic mass is 16.5. The van der Waals surface area contributed by atoms with E-state index in [1.165, 1.54) is 6.07 Å². The molecule has 1 amide bonds. The summed E-state index contributed by atoms with van der Waals surface area (Å²) in [6.07, 6.45) is 0.287. The molecule has 8 heteroatoms. The number of carbonyl (C=O) groups excluding carboxylic acids is 1. The van der Waals surface area contributed by atoms with Gasteiger partial charge in [0.05, 0.1) is 11.5 Å². The van der Waals surface area contributed by atoms with E-state index in [0.717, 1.165) is 0 Å². The van der Waals surface area contributed by atoms with Crippen LogP contribution >= 0.6 is 0 Å². The Bertz CT molecular complexity index is 549. The first-order valence-electron chi connectivity index (χ1n) is 6.60. The van der Waals surface area contributed by atoms with Crippen molar-refractivity contribution in [1.82, 2.24) is 5.32 Å². The number of hydrogen-bond donors (Lipinski definition) is 3. The van der Waals surface area contributed by atoms with Crippen molar-refractivity contribution in [2.45, 2.75) is 19.3 Å². The van der Waals surface area contributed by atoms with E-state index in [9.17, 15) is 14.6 Å². The predicted molar refractivity (Wildman–Crippen MR) is 74.1 cm³/mol. The maximum atomic E-state index is 11.6. The van der Waals surface area contributed by atoms with Crippen LogP contribution in [0.4, 0.5) is 0 Å². The van der Waals surface area contributed by atoms with E-state index in [-0.39, 0.29) is 30.2 Å². The van der Waals surface area contributed by atoms with Crippen molar-refractivity contribution in [3.63, 3.8) is 0 Å². The Kier molecular flexibility index (Phi) is 4.82. The van der Waals surface area contributed by atoms with Crippen molar-refractivity contribution in [1.29, 1.82) is 0 Å². The summed E-state index contributed by atoms with van der Waals surface area (Å²) in [4.78, 5) is 22.7. The van der Waals surface area contributed by atoms with Crippen molar-refractivity contribution in [3.8, 4) is 5.75 Å². The molecule has 0 fully saturated rings. The van der Waals surface area contributed by atoms with E-state index in [1.807, 2.05) is 0 Å². The number of amides is 1. The Morgan fingerprint density at radius 1 is 1.52 bits per heavy atom. The van der Waals surface area contributed by atoms with Crippen LogP contribution in [0.3, 0.4) is 0 Å². The van der Waals surface area contributed by atoms with Crippen molar-refractivity contribution >= 4 is 19.0 Å². The molecule has 1 aliphatic heterocycles. The van der Waals surface area contributed by atoms with Crippen LogP contribution in [-0.4, -0.2) is 48.3 Å². The molecule has 0 aromatic heterocycles. The number of para-hydroxylation sites is 1. The summed E-state index contributed by atoms with van der Waals surface area (Å²) in [6, 6.07) is 4.71. The minimum atomic E-state index is -1.30. The molecule has 1 aliphatic rings. The van der Waals surface area contributed by atoms with Gasteiger partial charge < -0.3 is 24.8 Å². The minimum absolute atomic E-state index is 0.00866. The Morgan fingerprint density at radius 3 is 2.95 bits per heavy atom. The van der Waals surface area contributed by atoms with Gasteiger partial charge in [-0.05, 0) is 25.0 Å². The molecule has 0 unspecified atom stereocenters. The summed E-state index contributed by atoms with van der Waals surface area (Å²) in [5.74, 6) is -1.98. The van der Waals surface area contributed by atoms with E-state index >= 15 is 0 Å². The zero-order chi connectivity index (χ0) is 15.4. The average Bonchev–Trinajstić information content (AvgIpc) is 2.45. The van der Waals surface area contributed by atoms with Crippen LogP contribution in [0.25, 0.3) is 0 Å². The van der Waals surface area contributed by atoms with Crippen molar-refractivity contribution in [2.75, 3.05) is 13.2 Å². The molecule has 2 rings (SSSR count). The van der Waals surface area contributed by atoms with Gasteiger partial charge in [-0.3, -0.25) is 4.79 Å². The number of nitrogens with one attached hydrogen (secondary N) is 1. The third kappa shape index (κ3) is 3.53. The van der Waals surface area contributed by atoms with Crippen LogP contribution in [-0.2, 0) is 16.0 Å². The molecule has 0 saturated carbocycles. The second-order valence-corrected chi connectivity index (χ2v) is 4.62. The lowest BCUT2D eigenvalue weighted by atomic mass is 9.72. The van der Waals surface area contributed by atoms with Gasteiger partial charge in [0.1, 0.15) is 12.4 Å². The molecule has 0 spiro atoms. The second kappa shape index (κ2) is 6.60. The third-order valence-corrected chi connectivity index (χ3v) is 3.13. The SMILES string of the molecule is CCOCC(=O)N[C@H]1Cc2cccc(C(=O)O)c2OB1O. The number of rotatable bonds is 5. The molecule has 3 N–H and O–H groups in total. The second-order valence-electron chi connectivity index (χ2n) is 4.62. The van der Waals surface area contributed by atoms with Gasteiger partial charge in [0.2, 0.25) is 5.91 Å². The first-order chi connectivity index (χ1) is 10.0. The van der Waals surface area contributed by atoms with Crippen LogP contribution < -0.4 is 9.97 Å². The van der Waals surface area contributed by atoms with Gasteiger partial charge in [-0.15, -0.1) is 0 Å². The van der Waals surface area contributed by atoms with E-state index in [2.05, 4.69) is 5.32 Å². The fourth-order valence-electron chi connectivity index (χ4n) is 2.16. The molecule has 0 saturated heterocycles. The standard InChI is InChI=1S/C13H16BNO6/c1-2-20-7-11(16)15-10-6-8-4-3-5-9(13(17)18)12(8)21-14(10)19/h3-5,10,19H,2,6-7H2,1H3,(H,15,16)(H,17,18)/t10-/m0/s1. The number of ether oxygens (including phenoxy) is 1. The zero-order valence-corrected chi connectivity index (χ0v) is 11.5. The Balaban J connectivity index is 2.12. The molecule has 112 valence electrons. The van der Waals surface area contributed by atoms with Gasteiger partial charge in [-0.1, -0.05) is 12.1 Å². The molecule has 0 bridgehead atoms. The van der Waals surface area contributed by atoms with Crippen LogP contribution in [0.15, 0.2) is 18.2 Å². The molecular weight excluding hydrogens is 277 g/mol. The van der Waals surface area contributed by atoms with Crippen molar-refractivity contribution in [3.05, 3.63) is 29.3 Å². The quantitative estimate of drug-likeness (QED) is 0.653. The molecule has 1 atom stereocenters. The summed E-state index contributed by atoms with van der Waals surface area (Å²) in [5, 5.41) is 21.6. The lowest BCUT2D eigenvalue weighted by Gasteiger charge is -2.28. The van der Waals surface area contributed by atoms with Gasteiger partial charge in [-0.2, -0.15) is 0 Å². The fourth-order valence-corrected chi connectivity index (χ4v) is 2.16. The van der Waals surface area contributed by atoms with Crippen LogP contribution in [0, 0.1) is 0 Å². The van der Waals surface area contributed by atoms with E-state index < -0.39 is 19.0 Å². The Morgan fingerprint density at radius 2 is 2.29 bits per heavy atom. The molecule has 21 heavy (non-hydrogen) atoms. The van der Waals surface area contributed by atoms with E-state index in [1.54, 1.807) is 19.1 Å². The van der Waals surface area contributed by atoms with E-state index in [0.29, 0.717) is 12.2 Å². The molecule has 0 aliphatic carbocycles. The van der Waals surface area contributed by atoms with E-state index in [4.69, 9.17) is 14.5 Å². The van der Waals surface area contributed by atoms with Gasteiger partial charge in [0.25, 0.3) is 0 Å². The molecular formula is C13H16BNO6.